The van der Waals surface area contributed by atoms with Crippen molar-refractivity contribution in [1.29, 1.82) is 0 Å². The Hall–Kier alpha value is -1.06. The molecule has 2 aromatic rings. The summed E-state index contributed by atoms with van der Waals surface area (Å²) in [4.78, 5) is 4.62. The molecule has 1 N–H and O–H groups in total. The van der Waals surface area contributed by atoms with Gasteiger partial charge in [-0.05, 0) is 57.4 Å². The standard InChI is InChI=1S/C14H17ClN2O/c1-9-7-10(15)8-11-12(9)18-13(17-11)14(2)5-3-4-6-16-14/h7-8,16H,3-6H2,1-2H3. The molecular formula is C14H17ClN2O. The van der Waals surface area contributed by atoms with Gasteiger partial charge < -0.3 is 9.73 Å². The zero-order valence-corrected chi connectivity index (χ0v) is 11.5. The van der Waals surface area contributed by atoms with Crippen LogP contribution in [0.4, 0.5) is 0 Å². The summed E-state index contributed by atoms with van der Waals surface area (Å²) in [5.74, 6) is 0.780. The number of hydrogen-bond donors (Lipinski definition) is 1. The molecule has 3 rings (SSSR count). The molecule has 1 aliphatic heterocycles. The molecular weight excluding hydrogens is 248 g/mol. The smallest absolute Gasteiger partial charge is 0.215 e. The molecule has 0 radical (unpaired) electrons. The van der Waals surface area contributed by atoms with Gasteiger partial charge in [0.2, 0.25) is 5.89 Å². The summed E-state index contributed by atoms with van der Waals surface area (Å²) in [5, 5.41) is 4.23. The number of oxazole rings is 1. The first-order chi connectivity index (χ1) is 8.58. The third-order valence-corrected chi connectivity index (χ3v) is 3.95. The average Bonchev–Trinajstić information content (AvgIpc) is 2.74. The van der Waals surface area contributed by atoms with Gasteiger partial charge in [0.05, 0.1) is 5.54 Å². The number of nitrogens with one attached hydrogen (secondary N) is 1. The van der Waals surface area contributed by atoms with E-state index in [0.29, 0.717) is 5.02 Å². The Morgan fingerprint density at radius 1 is 1.39 bits per heavy atom. The third kappa shape index (κ3) is 1.91. The summed E-state index contributed by atoms with van der Waals surface area (Å²) in [7, 11) is 0. The van der Waals surface area contributed by atoms with Crippen molar-refractivity contribution in [3.63, 3.8) is 0 Å². The van der Waals surface area contributed by atoms with Gasteiger partial charge in [0.1, 0.15) is 5.52 Å². The molecule has 0 spiro atoms. The molecule has 0 bridgehead atoms. The van der Waals surface area contributed by atoms with Crippen molar-refractivity contribution in [2.75, 3.05) is 6.54 Å². The van der Waals surface area contributed by atoms with Crippen LogP contribution in [0.3, 0.4) is 0 Å². The molecule has 1 unspecified atom stereocenters. The van der Waals surface area contributed by atoms with Gasteiger partial charge >= 0.3 is 0 Å². The van der Waals surface area contributed by atoms with Gasteiger partial charge in [-0.1, -0.05) is 11.6 Å². The van der Waals surface area contributed by atoms with Crippen LogP contribution >= 0.6 is 11.6 Å². The molecule has 0 aliphatic carbocycles. The molecule has 0 amide bonds. The summed E-state index contributed by atoms with van der Waals surface area (Å²) in [6.07, 6.45) is 3.50. The molecule has 96 valence electrons. The second kappa shape index (κ2) is 4.25. The Morgan fingerprint density at radius 3 is 2.94 bits per heavy atom. The van der Waals surface area contributed by atoms with Gasteiger partial charge in [-0.2, -0.15) is 0 Å². The Bertz CT molecular complexity index is 585. The van der Waals surface area contributed by atoms with E-state index in [1.165, 1.54) is 12.8 Å². The Kier molecular flexibility index (Phi) is 2.83. The number of halogens is 1. The number of benzene rings is 1. The van der Waals surface area contributed by atoms with E-state index in [4.69, 9.17) is 16.0 Å². The Labute approximate surface area is 112 Å². The van der Waals surface area contributed by atoms with Crippen molar-refractivity contribution in [2.24, 2.45) is 0 Å². The summed E-state index contributed by atoms with van der Waals surface area (Å²) >= 11 is 6.06. The zero-order chi connectivity index (χ0) is 12.8. The Balaban J connectivity index is 2.10. The van der Waals surface area contributed by atoms with E-state index in [1.54, 1.807) is 0 Å². The maximum absolute atomic E-state index is 6.06. The minimum absolute atomic E-state index is 0.143. The topological polar surface area (TPSA) is 38.1 Å². The highest BCUT2D eigenvalue weighted by molar-refractivity contribution is 6.31. The molecule has 0 saturated carbocycles. The van der Waals surface area contributed by atoms with Crippen molar-refractivity contribution in [1.82, 2.24) is 10.3 Å². The third-order valence-electron chi connectivity index (χ3n) is 3.73. The number of aromatic nitrogens is 1. The molecule has 3 nitrogen and oxygen atoms in total. The highest BCUT2D eigenvalue weighted by Gasteiger charge is 2.33. The van der Waals surface area contributed by atoms with Gasteiger partial charge in [-0.15, -0.1) is 0 Å². The lowest BCUT2D eigenvalue weighted by Gasteiger charge is -2.31. The molecule has 1 aromatic carbocycles. The first-order valence-electron chi connectivity index (χ1n) is 6.41. The highest BCUT2D eigenvalue weighted by Crippen LogP contribution is 2.33. The lowest BCUT2D eigenvalue weighted by Crippen LogP contribution is -2.43. The van der Waals surface area contributed by atoms with Gasteiger partial charge in [0, 0.05) is 5.02 Å². The largest absolute Gasteiger partial charge is 0.438 e. The second-order valence-corrected chi connectivity index (χ2v) is 5.74. The maximum atomic E-state index is 6.06. The monoisotopic (exact) mass is 264 g/mol. The minimum atomic E-state index is -0.143. The fourth-order valence-corrected chi connectivity index (χ4v) is 2.90. The van der Waals surface area contributed by atoms with Gasteiger partial charge in [-0.3, -0.25) is 0 Å². The molecule has 4 heteroatoms. The van der Waals surface area contributed by atoms with Crippen LogP contribution in [0.5, 0.6) is 0 Å². The van der Waals surface area contributed by atoms with E-state index in [0.717, 1.165) is 35.5 Å². The van der Waals surface area contributed by atoms with Crippen LogP contribution in [0.15, 0.2) is 16.5 Å². The van der Waals surface area contributed by atoms with Crippen LogP contribution in [0.1, 0.15) is 37.6 Å². The van der Waals surface area contributed by atoms with Gasteiger partial charge in [-0.25, -0.2) is 4.98 Å². The highest BCUT2D eigenvalue weighted by atomic mass is 35.5. The van der Waals surface area contributed by atoms with E-state index in [-0.39, 0.29) is 5.54 Å². The van der Waals surface area contributed by atoms with Crippen LogP contribution in [-0.4, -0.2) is 11.5 Å². The van der Waals surface area contributed by atoms with Crippen LogP contribution in [0, 0.1) is 6.92 Å². The summed E-state index contributed by atoms with van der Waals surface area (Å²) in [6.45, 7) is 5.18. The number of fused-ring (bicyclic) bond motifs is 1. The van der Waals surface area contributed by atoms with E-state index < -0.39 is 0 Å². The maximum Gasteiger partial charge on any atom is 0.215 e. The second-order valence-electron chi connectivity index (χ2n) is 5.31. The van der Waals surface area contributed by atoms with E-state index >= 15 is 0 Å². The first-order valence-corrected chi connectivity index (χ1v) is 6.78. The van der Waals surface area contributed by atoms with Crippen molar-refractivity contribution >= 4 is 22.7 Å². The summed E-state index contributed by atoms with van der Waals surface area (Å²) < 4.78 is 5.96. The molecule has 1 aliphatic rings. The van der Waals surface area contributed by atoms with Crippen molar-refractivity contribution in [3.8, 4) is 0 Å². The van der Waals surface area contributed by atoms with Crippen LogP contribution in [0.2, 0.25) is 5.02 Å². The zero-order valence-electron chi connectivity index (χ0n) is 10.7. The van der Waals surface area contributed by atoms with Gasteiger partial charge in [0.25, 0.3) is 0 Å². The number of nitrogens with zero attached hydrogens (tertiary/aromatic N) is 1. The normalized spacial score (nSPS) is 24.6. The lowest BCUT2D eigenvalue weighted by atomic mass is 9.91. The van der Waals surface area contributed by atoms with Crippen LogP contribution in [-0.2, 0) is 5.54 Å². The Morgan fingerprint density at radius 2 is 2.22 bits per heavy atom. The fraction of sp³-hybridized carbons (Fsp3) is 0.500. The van der Waals surface area contributed by atoms with Crippen LogP contribution < -0.4 is 5.32 Å². The summed E-state index contributed by atoms with van der Waals surface area (Å²) in [5.41, 5.74) is 2.60. The lowest BCUT2D eigenvalue weighted by molar-refractivity contribution is 0.232. The molecule has 1 atom stereocenters. The van der Waals surface area contributed by atoms with E-state index in [2.05, 4.69) is 17.2 Å². The number of piperidine rings is 1. The van der Waals surface area contributed by atoms with Crippen LogP contribution in [0.25, 0.3) is 11.1 Å². The van der Waals surface area contributed by atoms with Crippen molar-refractivity contribution in [2.45, 2.75) is 38.6 Å². The number of rotatable bonds is 1. The average molecular weight is 265 g/mol. The molecule has 1 fully saturated rings. The molecule has 2 heterocycles. The van der Waals surface area contributed by atoms with E-state index in [9.17, 15) is 0 Å². The SMILES string of the molecule is Cc1cc(Cl)cc2nc(C3(C)CCCCN3)oc12. The van der Waals surface area contributed by atoms with Crippen molar-refractivity contribution < 1.29 is 4.42 Å². The number of aryl methyl sites for hydroxylation is 1. The van der Waals surface area contributed by atoms with Gasteiger partial charge in [0.15, 0.2) is 5.58 Å². The van der Waals surface area contributed by atoms with E-state index in [1.807, 2.05) is 19.1 Å². The fourth-order valence-electron chi connectivity index (χ4n) is 2.63. The number of hydrogen-bond acceptors (Lipinski definition) is 3. The minimum Gasteiger partial charge on any atom is -0.438 e. The predicted molar refractivity (Wildman–Crippen MR) is 73.0 cm³/mol. The molecule has 1 saturated heterocycles. The summed E-state index contributed by atoms with van der Waals surface area (Å²) in [6, 6.07) is 3.78. The van der Waals surface area contributed by atoms with Crippen molar-refractivity contribution in [3.05, 3.63) is 28.6 Å². The first kappa shape index (κ1) is 12.0. The molecule has 1 aromatic heterocycles. The molecule has 18 heavy (non-hydrogen) atoms. The predicted octanol–water partition coefficient (Wildman–Crippen LogP) is 3.78. The quantitative estimate of drug-likeness (QED) is 0.852.